The fourth-order valence-electron chi connectivity index (χ4n) is 3.40. The second-order valence-electron chi connectivity index (χ2n) is 7.03. The van der Waals surface area contributed by atoms with Crippen molar-refractivity contribution < 1.29 is 19.1 Å². The Morgan fingerprint density at radius 2 is 1.78 bits per heavy atom. The van der Waals surface area contributed by atoms with Crippen LogP contribution < -0.4 is 0 Å². The van der Waals surface area contributed by atoms with Crippen LogP contribution in [0.2, 0.25) is 0 Å². The van der Waals surface area contributed by atoms with Gasteiger partial charge in [0, 0.05) is 0 Å². The Kier molecular flexibility index (Phi) is 7.04. The molecule has 0 N–H and O–H groups in total. The molecule has 0 atom stereocenters. The first-order chi connectivity index (χ1) is 10.7. The number of carbonyl (C=O) groups excluding carboxylic acids is 2. The van der Waals surface area contributed by atoms with E-state index in [2.05, 4.69) is 30.2 Å². The molecule has 23 heavy (non-hydrogen) atoms. The lowest BCUT2D eigenvalue weighted by Gasteiger charge is -2.35. The van der Waals surface area contributed by atoms with E-state index in [1.54, 1.807) is 6.08 Å². The molecule has 0 unspecified atom stereocenters. The summed E-state index contributed by atoms with van der Waals surface area (Å²) in [6, 6.07) is 0. The average molecular weight is 322 g/mol. The topological polar surface area (TPSA) is 52.6 Å². The highest BCUT2D eigenvalue weighted by molar-refractivity contribution is 5.96. The van der Waals surface area contributed by atoms with Gasteiger partial charge in [-0.3, -0.25) is 9.59 Å². The Balaban J connectivity index is 2.83. The summed E-state index contributed by atoms with van der Waals surface area (Å²) in [5, 5.41) is 0. The smallest absolute Gasteiger partial charge is 0.323 e. The number of methoxy groups -OCH3 is 2. The summed E-state index contributed by atoms with van der Waals surface area (Å²) in [5.74, 6) is -2.13. The molecule has 1 aliphatic rings. The molecule has 0 saturated carbocycles. The van der Waals surface area contributed by atoms with Crippen LogP contribution in [0.3, 0.4) is 0 Å². The predicted octanol–water partition coefficient (Wildman–Crippen LogP) is 4.20. The van der Waals surface area contributed by atoms with Gasteiger partial charge in [0.25, 0.3) is 0 Å². The van der Waals surface area contributed by atoms with Gasteiger partial charge in [-0.2, -0.15) is 0 Å². The molecule has 130 valence electrons. The van der Waals surface area contributed by atoms with Gasteiger partial charge in [0.05, 0.1) is 14.2 Å². The summed E-state index contributed by atoms with van der Waals surface area (Å²) in [4.78, 5) is 23.5. The molecule has 0 bridgehead atoms. The Morgan fingerprint density at radius 1 is 1.22 bits per heavy atom. The van der Waals surface area contributed by atoms with Crippen molar-refractivity contribution in [3.8, 4) is 0 Å². The molecule has 0 aromatic carbocycles. The van der Waals surface area contributed by atoms with Crippen molar-refractivity contribution in [3.63, 3.8) is 0 Å². The number of hydrogen-bond donors (Lipinski definition) is 0. The third kappa shape index (κ3) is 5.22. The highest BCUT2D eigenvalue weighted by atomic mass is 16.5. The molecule has 1 aliphatic carbocycles. The van der Waals surface area contributed by atoms with E-state index in [9.17, 15) is 9.59 Å². The van der Waals surface area contributed by atoms with E-state index in [1.165, 1.54) is 44.6 Å². The molecule has 0 amide bonds. The molecule has 0 radical (unpaired) electrons. The van der Waals surface area contributed by atoms with E-state index in [0.29, 0.717) is 0 Å². The zero-order chi connectivity index (χ0) is 17.6. The molecule has 0 aromatic rings. The minimum Gasteiger partial charge on any atom is -0.468 e. The van der Waals surface area contributed by atoms with Crippen molar-refractivity contribution >= 4 is 11.9 Å². The van der Waals surface area contributed by atoms with E-state index in [-0.39, 0.29) is 5.41 Å². The number of hydrogen-bond acceptors (Lipinski definition) is 4. The summed E-state index contributed by atoms with van der Waals surface area (Å²) in [5.41, 5.74) is 4.26. The van der Waals surface area contributed by atoms with Gasteiger partial charge in [0.2, 0.25) is 0 Å². The summed E-state index contributed by atoms with van der Waals surface area (Å²) >= 11 is 0. The summed E-state index contributed by atoms with van der Waals surface area (Å²) in [6.07, 6.45) is 7.12. The van der Waals surface area contributed by atoms with Crippen molar-refractivity contribution in [1.29, 1.82) is 0 Å². The van der Waals surface area contributed by atoms with Gasteiger partial charge in [-0.05, 0) is 51.4 Å². The molecular weight excluding hydrogens is 292 g/mol. The Bertz CT molecular complexity index is 495. The van der Waals surface area contributed by atoms with Gasteiger partial charge in [-0.25, -0.2) is 0 Å². The van der Waals surface area contributed by atoms with Crippen LogP contribution in [0.4, 0.5) is 0 Å². The van der Waals surface area contributed by atoms with Crippen LogP contribution in [0, 0.1) is 11.3 Å². The van der Waals surface area contributed by atoms with Gasteiger partial charge < -0.3 is 9.47 Å². The van der Waals surface area contributed by atoms with Crippen molar-refractivity contribution in [2.24, 2.45) is 11.3 Å². The van der Waals surface area contributed by atoms with Crippen molar-refractivity contribution in [2.45, 2.75) is 59.8 Å². The van der Waals surface area contributed by atoms with Crippen LogP contribution in [0.15, 0.2) is 22.8 Å². The number of ether oxygens (including phenoxy) is 2. The van der Waals surface area contributed by atoms with E-state index in [4.69, 9.17) is 0 Å². The minimum absolute atomic E-state index is 0.243. The SMILES string of the molecule is COC(=O)C(/C=C(/C)CCC1=C(C)CCCC1(C)C)C(=O)OC. The van der Waals surface area contributed by atoms with Crippen LogP contribution in [-0.4, -0.2) is 26.2 Å². The van der Waals surface area contributed by atoms with Crippen molar-refractivity contribution in [1.82, 2.24) is 0 Å². The van der Waals surface area contributed by atoms with E-state index in [1.807, 2.05) is 6.92 Å². The lowest BCUT2D eigenvalue weighted by atomic mass is 9.71. The van der Waals surface area contributed by atoms with E-state index in [0.717, 1.165) is 18.4 Å². The number of carbonyl (C=O) groups is 2. The molecule has 1 rings (SSSR count). The van der Waals surface area contributed by atoms with E-state index < -0.39 is 17.9 Å². The normalized spacial score (nSPS) is 18.1. The standard InChI is InChI=1S/C19H30O4/c1-13(12-15(17(20)22-5)18(21)23-6)9-10-16-14(2)8-7-11-19(16,3)4/h12,15H,7-11H2,1-6H3/b13-12-. The molecule has 0 aromatic heterocycles. The molecule has 4 heteroatoms. The minimum atomic E-state index is -0.973. The molecule has 0 saturated heterocycles. The van der Waals surface area contributed by atoms with Gasteiger partial charge in [0.1, 0.15) is 0 Å². The molecule has 0 spiro atoms. The van der Waals surface area contributed by atoms with Gasteiger partial charge in [-0.1, -0.05) is 36.6 Å². The van der Waals surface area contributed by atoms with Crippen LogP contribution in [0.5, 0.6) is 0 Å². The average Bonchev–Trinajstić information content (AvgIpc) is 2.50. The molecular formula is C19H30O4. The van der Waals surface area contributed by atoms with Gasteiger partial charge in [-0.15, -0.1) is 0 Å². The summed E-state index contributed by atoms with van der Waals surface area (Å²) in [6.45, 7) is 8.77. The van der Waals surface area contributed by atoms with E-state index >= 15 is 0 Å². The highest BCUT2D eigenvalue weighted by Gasteiger charge is 2.29. The Labute approximate surface area is 139 Å². The predicted molar refractivity (Wildman–Crippen MR) is 90.8 cm³/mol. The van der Waals surface area contributed by atoms with Gasteiger partial charge in [0.15, 0.2) is 5.92 Å². The van der Waals surface area contributed by atoms with Crippen LogP contribution in [0.25, 0.3) is 0 Å². The molecule has 0 fully saturated rings. The third-order valence-electron chi connectivity index (χ3n) is 4.82. The second kappa shape index (κ2) is 8.32. The highest BCUT2D eigenvalue weighted by Crippen LogP contribution is 2.42. The fourth-order valence-corrected chi connectivity index (χ4v) is 3.40. The fraction of sp³-hybridized carbons (Fsp3) is 0.684. The van der Waals surface area contributed by atoms with Crippen LogP contribution >= 0.6 is 0 Å². The zero-order valence-electron chi connectivity index (χ0n) is 15.3. The molecule has 4 nitrogen and oxygen atoms in total. The van der Waals surface area contributed by atoms with Gasteiger partial charge >= 0.3 is 11.9 Å². The zero-order valence-corrected chi connectivity index (χ0v) is 15.3. The number of esters is 2. The van der Waals surface area contributed by atoms with Crippen LogP contribution in [0.1, 0.15) is 59.8 Å². The van der Waals surface area contributed by atoms with Crippen molar-refractivity contribution in [3.05, 3.63) is 22.8 Å². The number of rotatable bonds is 6. The maximum Gasteiger partial charge on any atom is 0.323 e. The third-order valence-corrected chi connectivity index (χ3v) is 4.82. The molecule has 0 heterocycles. The molecule has 0 aliphatic heterocycles. The quantitative estimate of drug-likeness (QED) is 0.418. The largest absolute Gasteiger partial charge is 0.468 e. The maximum absolute atomic E-state index is 11.7. The first kappa shape index (κ1) is 19.5. The summed E-state index contributed by atoms with van der Waals surface area (Å²) in [7, 11) is 2.56. The monoisotopic (exact) mass is 322 g/mol. The lowest BCUT2D eigenvalue weighted by Crippen LogP contribution is -2.25. The van der Waals surface area contributed by atoms with Crippen LogP contribution in [-0.2, 0) is 19.1 Å². The first-order valence-electron chi connectivity index (χ1n) is 8.25. The Hall–Kier alpha value is -1.58. The lowest BCUT2D eigenvalue weighted by molar-refractivity contribution is -0.156. The maximum atomic E-state index is 11.7. The van der Waals surface area contributed by atoms with Crippen molar-refractivity contribution in [2.75, 3.05) is 14.2 Å². The second-order valence-corrected chi connectivity index (χ2v) is 7.03. The summed E-state index contributed by atoms with van der Waals surface area (Å²) < 4.78 is 9.37. The first-order valence-corrected chi connectivity index (χ1v) is 8.25. The Morgan fingerprint density at radius 3 is 2.26 bits per heavy atom. The number of allylic oxidation sites excluding steroid dienone is 3.